The van der Waals surface area contributed by atoms with E-state index in [4.69, 9.17) is 0 Å². The van der Waals surface area contributed by atoms with Gasteiger partial charge in [-0.05, 0) is 18.2 Å². The van der Waals surface area contributed by atoms with Crippen LogP contribution >= 0.6 is 0 Å². The molecule has 88 valence electrons. The Morgan fingerprint density at radius 1 is 1.38 bits per heavy atom. The Morgan fingerprint density at radius 3 is 2.50 bits per heavy atom. The molecule has 0 atom stereocenters. The van der Waals surface area contributed by atoms with Crippen LogP contribution < -0.4 is 4.18 Å². The predicted octanol–water partition coefficient (Wildman–Crippen LogP) is 0.982. The molecule has 1 aromatic rings. The topological polar surface area (TPSA) is 63.7 Å². The third kappa shape index (κ3) is 3.50. The molecule has 1 rings (SSSR count). The molecule has 0 aliphatic carbocycles. The van der Waals surface area contributed by atoms with E-state index in [1.165, 1.54) is 23.1 Å². The van der Waals surface area contributed by atoms with Crippen molar-refractivity contribution in [2.45, 2.75) is 0 Å². The number of carbonyl (C=O) groups is 1. The number of rotatable bonds is 3. The Hall–Kier alpha value is -1.63. The van der Waals surface area contributed by atoms with Crippen LogP contribution in [0.1, 0.15) is 10.4 Å². The summed E-state index contributed by atoms with van der Waals surface area (Å²) in [6.07, 6.45) is 0. The van der Waals surface area contributed by atoms with Crippen molar-refractivity contribution in [3.8, 4) is 5.75 Å². The first kappa shape index (κ1) is 12.4. The van der Waals surface area contributed by atoms with Crippen LogP contribution in [0.25, 0.3) is 0 Å². The van der Waals surface area contributed by atoms with Crippen LogP contribution in [0.15, 0.2) is 24.3 Å². The number of amides is 1. The van der Waals surface area contributed by atoms with E-state index in [-0.39, 0.29) is 17.2 Å². The highest BCUT2D eigenvalue weighted by Gasteiger charge is 2.13. The molecule has 0 saturated heterocycles. The lowest BCUT2D eigenvalue weighted by Crippen LogP contribution is -2.21. The molecule has 1 aromatic carbocycles. The van der Waals surface area contributed by atoms with E-state index in [9.17, 15) is 17.1 Å². The highest BCUT2D eigenvalue weighted by molar-refractivity contribution is 7.81. The minimum absolute atomic E-state index is 0.214. The number of carbonyl (C=O) groups excluding carboxylic acids is 1. The van der Waals surface area contributed by atoms with E-state index in [0.29, 0.717) is 0 Å². The van der Waals surface area contributed by atoms with E-state index in [2.05, 4.69) is 4.18 Å². The maximum atomic E-state index is 12.2. The Kier molecular flexibility index (Phi) is 3.48. The average Bonchev–Trinajstić information content (AvgIpc) is 2.14. The van der Waals surface area contributed by atoms with Crippen LogP contribution in [-0.4, -0.2) is 33.3 Å². The van der Waals surface area contributed by atoms with E-state index in [1.54, 1.807) is 14.1 Å². The Balaban J connectivity index is 3.00. The van der Waals surface area contributed by atoms with Crippen LogP contribution in [0, 0.1) is 0 Å². The molecule has 1 amide bonds. The molecule has 0 heterocycles. The van der Waals surface area contributed by atoms with Gasteiger partial charge >= 0.3 is 10.5 Å². The first-order valence-electron chi connectivity index (χ1n) is 4.25. The van der Waals surface area contributed by atoms with Gasteiger partial charge in [0, 0.05) is 19.7 Å². The molecular formula is C9H10FNO4S. The number of benzene rings is 1. The molecule has 0 unspecified atom stereocenters. The zero-order valence-electron chi connectivity index (χ0n) is 8.68. The third-order valence-electron chi connectivity index (χ3n) is 1.68. The highest BCUT2D eigenvalue weighted by Crippen LogP contribution is 2.16. The Bertz CT molecular complexity index is 498. The van der Waals surface area contributed by atoms with Gasteiger partial charge in [0.05, 0.1) is 0 Å². The van der Waals surface area contributed by atoms with Gasteiger partial charge in [-0.15, -0.1) is 0 Å². The summed E-state index contributed by atoms with van der Waals surface area (Å²) in [4.78, 5) is 12.8. The molecule has 0 bridgehead atoms. The summed E-state index contributed by atoms with van der Waals surface area (Å²) in [5.74, 6) is -0.572. The second-order valence-corrected chi connectivity index (χ2v) is 4.16. The molecule has 0 fully saturated rings. The monoisotopic (exact) mass is 247 g/mol. The van der Waals surface area contributed by atoms with Gasteiger partial charge < -0.3 is 9.08 Å². The second kappa shape index (κ2) is 4.48. The Morgan fingerprint density at radius 2 is 2.00 bits per heavy atom. The molecule has 5 nitrogen and oxygen atoms in total. The lowest BCUT2D eigenvalue weighted by Gasteiger charge is -2.10. The molecule has 0 aliphatic heterocycles. The standard InChI is InChI=1S/C9H10FNO4S/c1-11(2)9(12)7-4-3-5-8(6-7)15-16(10,13)14/h3-6H,1-2H3. The van der Waals surface area contributed by atoms with Crippen molar-refractivity contribution < 1.29 is 21.3 Å². The predicted molar refractivity (Wildman–Crippen MR) is 55.1 cm³/mol. The number of halogens is 1. The van der Waals surface area contributed by atoms with Crippen LogP contribution in [0.5, 0.6) is 5.75 Å². The summed E-state index contributed by atoms with van der Waals surface area (Å²) in [6.45, 7) is 0. The lowest BCUT2D eigenvalue weighted by molar-refractivity contribution is 0.0827. The quantitative estimate of drug-likeness (QED) is 0.747. The molecule has 0 radical (unpaired) electrons. The summed E-state index contributed by atoms with van der Waals surface area (Å²) < 4.78 is 36.7. The van der Waals surface area contributed by atoms with Crippen molar-refractivity contribution >= 4 is 16.4 Å². The van der Waals surface area contributed by atoms with Crippen LogP contribution in [-0.2, 0) is 10.5 Å². The van der Waals surface area contributed by atoms with E-state index in [1.807, 2.05) is 0 Å². The van der Waals surface area contributed by atoms with Gasteiger partial charge in [-0.25, -0.2) is 0 Å². The fourth-order valence-corrected chi connectivity index (χ4v) is 1.39. The SMILES string of the molecule is CN(C)C(=O)c1cccc(OS(=O)(=O)F)c1. The van der Waals surface area contributed by atoms with Gasteiger partial charge in [0.2, 0.25) is 0 Å². The van der Waals surface area contributed by atoms with E-state index in [0.717, 1.165) is 6.07 Å². The van der Waals surface area contributed by atoms with Crippen molar-refractivity contribution in [1.29, 1.82) is 0 Å². The summed E-state index contributed by atoms with van der Waals surface area (Å²) in [5.41, 5.74) is 0.214. The molecule has 0 aromatic heterocycles. The molecule has 0 spiro atoms. The first-order valence-corrected chi connectivity index (χ1v) is 5.56. The van der Waals surface area contributed by atoms with Crippen LogP contribution in [0.4, 0.5) is 3.89 Å². The summed E-state index contributed by atoms with van der Waals surface area (Å²) in [7, 11) is -1.98. The van der Waals surface area contributed by atoms with Gasteiger partial charge in [-0.2, -0.15) is 8.42 Å². The van der Waals surface area contributed by atoms with Crippen molar-refractivity contribution in [2.24, 2.45) is 0 Å². The van der Waals surface area contributed by atoms with Gasteiger partial charge in [-0.3, -0.25) is 4.79 Å². The molecule has 7 heteroatoms. The van der Waals surface area contributed by atoms with Crippen molar-refractivity contribution in [1.82, 2.24) is 4.90 Å². The maximum absolute atomic E-state index is 12.2. The minimum Gasteiger partial charge on any atom is -0.358 e. The number of hydrogen-bond donors (Lipinski definition) is 0. The normalized spacial score (nSPS) is 10.9. The average molecular weight is 247 g/mol. The lowest BCUT2D eigenvalue weighted by atomic mass is 10.2. The maximum Gasteiger partial charge on any atom is 0.488 e. The van der Waals surface area contributed by atoms with E-state index >= 15 is 0 Å². The number of nitrogens with zero attached hydrogens (tertiary/aromatic N) is 1. The highest BCUT2D eigenvalue weighted by atomic mass is 32.3. The smallest absolute Gasteiger partial charge is 0.358 e. The zero-order valence-corrected chi connectivity index (χ0v) is 9.49. The summed E-state index contributed by atoms with van der Waals surface area (Å²) in [6, 6.07) is 5.26. The van der Waals surface area contributed by atoms with Gasteiger partial charge in [0.15, 0.2) is 0 Å². The zero-order chi connectivity index (χ0) is 12.3. The molecule has 0 saturated carbocycles. The molecule has 0 N–H and O–H groups in total. The van der Waals surface area contributed by atoms with Gasteiger partial charge in [0.1, 0.15) is 5.75 Å². The van der Waals surface area contributed by atoms with Crippen molar-refractivity contribution in [3.05, 3.63) is 29.8 Å². The molecular weight excluding hydrogens is 237 g/mol. The second-order valence-electron chi connectivity index (χ2n) is 3.20. The Labute approximate surface area is 92.9 Å². The fraction of sp³-hybridized carbons (Fsp3) is 0.222. The largest absolute Gasteiger partial charge is 0.488 e. The van der Waals surface area contributed by atoms with Gasteiger partial charge in [0.25, 0.3) is 5.91 Å². The summed E-state index contributed by atoms with van der Waals surface area (Å²) in [5, 5.41) is 0. The van der Waals surface area contributed by atoms with Crippen molar-refractivity contribution in [3.63, 3.8) is 0 Å². The third-order valence-corrected chi connectivity index (χ3v) is 2.07. The number of hydrogen-bond acceptors (Lipinski definition) is 4. The summed E-state index contributed by atoms with van der Waals surface area (Å²) >= 11 is 0. The molecule has 16 heavy (non-hydrogen) atoms. The van der Waals surface area contributed by atoms with E-state index < -0.39 is 10.5 Å². The first-order chi connectivity index (χ1) is 7.29. The molecule has 0 aliphatic rings. The van der Waals surface area contributed by atoms with Crippen LogP contribution in [0.3, 0.4) is 0 Å². The van der Waals surface area contributed by atoms with Gasteiger partial charge in [-0.1, -0.05) is 9.95 Å². The minimum atomic E-state index is -5.06. The fourth-order valence-electron chi connectivity index (χ4n) is 1.05. The van der Waals surface area contributed by atoms with Crippen LogP contribution in [0.2, 0.25) is 0 Å². The van der Waals surface area contributed by atoms with Crippen molar-refractivity contribution in [2.75, 3.05) is 14.1 Å².